The van der Waals surface area contributed by atoms with Crippen LogP contribution in [0, 0.1) is 41.5 Å². The van der Waals surface area contributed by atoms with E-state index in [4.69, 9.17) is 0 Å². The van der Waals surface area contributed by atoms with Crippen LogP contribution in [0.25, 0.3) is 0 Å². The molecular weight excluding hydrogens is 396 g/mol. The monoisotopic (exact) mass is 424 g/mol. The molecule has 0 aliphatic heterocycles. The first-order valence-electron chi connectivity index (χ1n) is 8.84. The van der Waals surface area contributed by atoms with E-state index >= 15 is 0 Å². The lowest BCUT2D eigenvalue weighted by atomic mass is 10.0. The molecule has 0 heterocycles. The molecule has 154 valence electrons. The van der Waals surface area contributed by atoms with Gasteiger partial charge >= 0.3 is 0 Å². The summed E-state index contributed by atoms with van der Waals surface area (Å²) in [6, 6.07) is 4.89. The first-order chi connectivity index (χ1) is 12.7. The van der Waals surface area contributed by atoms with E-state index in [-0.39, 0.29) is 15.5 Å². The third-order valence-electron chi connectivity index (χ3n) is 5.23. The quantitative estimate of drug-likeness (QED) is 0.795. The van der Waals surface area contributed by atoms with Gasteiger partial charge in [-0.05, 0) is 87.1 Å². The predicted molar refractivity (Wildman–Crippen MR) is 113 cm³/mol. The molecule has 2 aromatic carbocycles. The summed E-state index contributed by atoms with van der Waals surface area (Å²) in [7, 11) is -4.71. The van der Waals surface area contributed by atoms with Crippen molar-refractivity contribution >= 4 is 25.7 Å². The zero-order valence-electron chi connectivity index (χ0n) is 17.6. The van der Waals surface area contributed by atoms with Gasteiger partial charge in [-0.1, -0.05) is 6.07 Å². The van der Waals surface area contributed by atoms with E-state index in [9.17, 15) is 16.8 Å². The van der Waals surface area contributed by atoms with Crippen molar-refractivity contribution in [3.63, 3.8) is 0 Å². The first-order valence-corrected chi connectivity index (χ1v) is 11.8. The highest BCUT2D eigenvalue weighted by molar-refractivity contribution is 7.92. The van der Waals surface area contributed by atoms with E-state index in [1.807, 2.05) is 19.9 Å². The zero-order valence-corrected chi connectivity index (χ0v) is 19.3. The van der Waals surface area contributed by atoms with Crippen molar-refractivity contribution < 1.29 is 16.8 Å². The van der Waals surface area contributed by atoms with Gasteiger partial charge in [0, 0.05) is 14.1 Å². The van der Waals surface area contributed by atoms with E-state index < -0.39 is 20.0 Å². The van der Waals surface area contributed by atoms with Gasteiger partial charge in [0.05, 0.1) is 15.5 Å². The van der Waals surface area contributed by atoms with Crippen LogP contribution in [-0.2, 0) is 20.0 Å². The second kappa shape index (κ2) is 7.50. The molecule has 28 heavy (non-hydrogen) atoms. The highest BCUT2D eigenvalue weighted by Gasteiger charge is 2.25. The van der Waals surface area contributed by atoms with Crippen LogP contribution in [0.1, 0.15) is 33.4 Å². The molecule has 0 saturated heterocycles. The van der Waals surface area contributed by atoms with E-state index in [0.717, 1.165) is 15.4 Å². The van der Waals surface area contributed by atoms with Gasteiger partial charge in [0.1, 0.15) is 0 Å². The molecule has 0 aliphatic carbocycles. The topological polar surface area (TPSA) is 83.6 Å². The Balaban J connectivity index is 2.68. The summed E-state index contributed by atoms with van der Waals surface area (Å²) >= 11 is 0. The molecule has 0 radical (unpaired) electrons. The molecular formula is C20H28N2O4S2. The summed E-state index contributed by atoms with van der Waals surface area (Å²) in [6.07, 6.45) is 0. The van der Waals surface area contributed by atoms with Crippen LogP contribution in [0.3, 0.4) is 0 Å². The summed E-state index contributed by atoms with van der Waals surface area (Å²) < 4.78 is 55.3. The third-order valence-corrected chi connectivity index (χ3v) is 8.66. The lowest BCUT2D eigenvalue weighted by Crippen LogP contribution is -2.23. The number of hydrogen-bond donors (Lipinski definition) is 1. The molecule has 0 fully saturated rings. The van der Waals surface area contributed by atoms with Crippen LogP contribution in [0.5, 0.6) is 0 Å². The van der Waals surface area contributed by atoms with Gasteiger partial charge < -0.3 is 0 Å². The molecule has 1 N–H and O–H groups in total. The maximum atomic E-state index is 13.2. The summed E-state index contributed by atoms with van der Waals surface area (Å²) in [5, 5.41) is 0. The van der Waals surface area contributed by atoms with Crippen molar-refractivity contribution in [2.24, 2.45) is 0 Å². The van der Waals surface area contributed by atoms with Crippen molar-refractivity contribution in [1.29, 1.82) is 0 Å². The molecule has 8 heteroatoms. The Kier molecular flexibility index (Phi) is 5.99. The highest BCUT2D eigenvalue weighted by Crippen LogP contribution is 2.31. The number of rotatable bonds is 5. The van der Waals surface area contributed by atoms with Crippen LogP contribution in [0.15, 0.2) is 28.0 Å². The van der Waals surface area contributed by atoms with Crippen LogP contribution in [0.4, 0.5) is 5.69 Å². The Hall–Kier alpha value is -1.90. The molecule has 0 saturated carbocycles. The Bertz CT molecular complexity index is 1120. The molecule has 0 spiro atoms. The third kappa shape index (κ3) is 3.94. The Morgan fingerprint density at radius 2 is 1.18 bits per heavy atom. The number of benzene rings is 2. The number of aryl methyl sites for hydroxylation is 3. The van der Waals surface area contributed by atoms with Gasteiger partial charge in [-0.25, -0.2) is 21.1 Å². The lowest BCUT2D eigenvalue weighted by molar-refractivity contribution is 0.520. The van der Waals surface area contributed by atoms with Crippen LogP contribution in [0.2, 0.25) is 0 Å². The minimum Gasteiger partial charge on any atom is -0.279 e. The molecule has 0 atom stereocenters. The minimum atomic E-state index is -3.90. The fraction of sp³-hybridized carbons (Fsp3) is 0.400. The molecule has 6 nitrogen and oxygen atoms in total. The molecule has 0 bridgehead atoms. The van der Waals surface area contributed by atoms with E-state index in [1.165, 1.54) is 20.2 Å². The predicted octanol–water partition coefficient (Wildman–Crippen LogP) is 3.59. The average molecular weight is 425 g/mol. The second-order valence-electron chi connectivity index (χ2n) is 7.40. The van der Waals surface area contributed by atoms with Crippen molar-refractivity contribution in [3.8, 4) is 0 Å². The SMILES string of the molecule is Cc1cc(S(=O)(=O)N(C)C)cc(NS(=O)(=O)c2c(C)c(C)cc(C)c2C)c1C. The summed E-state index contributed by atoms with van der Waals surface area (Å²) in [5.41, 5.74) is 4.78. The Morgan fingerprint density at radius 1 is 0.714 bits per heavy atom. The van der Waals surface area contributed by atoms with Crippen molar-refractivity contribution in [3.05, 3.63) is 51.6 Å². The molecule has 0 amide bonds. The van der Waals surface area contributed by atoms with Crippen LogP contribution < -0.4 is 4.72 Å². The van der Waals surface area contributed by atoms with Crippen molar-refractivity contribution in [2.75, 3.05) is 18.8 Å². The van der Waals surface area contributed by atoms with Gasteiger partial charge in [0.25, 0.3) is 10.0 Å². The standard InChI is InChI=1S/C20H28N2O4S2/c1-12-9-13(2)17(6)20(16(12)5)27(23,24)21-19-11-18(10-14(3)15(19)4)28(25,26)22(7)8/h9-11,21H,1-8H3. The van der Waals surface area contributed by atoms with E-state index in [1.54, 1.807) is 33.8 Å². The Morgan fingerprint density at radius 3 is 1.64 bits per heavy atom. The molecule has 2 aromatic rings. The summed E-state index contributed by atoms with van der Waals surface area (Å²) in [5.74, 6) is 0. The van der Waals surface area contributed by atoms with Crippen molar-refractivity contribution in [2.45, 2.75) is 51.3 Å². The van der Waals surface area contributed by atoms with E-state index in [0.29, 0.717) is 22.3 Å². The number of sulfonamides is 2. The average Bonchev–Trinajstić information content (AvgIpc) is 2.56. The van der Waals surface area contributed by atoms with Gasteiger partial charge in [-0.15, -0.1) is 0 Å². The largest absolute Gasteiger partial charge is 0.279 e. The normalized spacial score (nSPS) is 12.5. The number of hydrogen-bond acceptors (Lipinski definition) is 4. The van der Waals surface area contributed by atoms with Crippen LogP contribution >= 0.6 is 0 Å². The van der Waals surface area contributed by atoms with Crippen LogP contribution in [-0.4, -0.2) is 35.2 Å². The highest BCUT2D eigenvalue weighted by atomic mass is 32.2. The lowest BCUT2D eigenvalue weighted by Gasteiger charge is -2.19. The van der Waals surface area contributed by atoms with E-state index in [2.05, 4.69) is 4.72 Å². The first kappa shape index (κ1) is 22.4. The summed E-state index contributed by atoms with van der Waals surface area (Å²) in [4.78, 5) is 0.287. The fourth-order valence-corrected chi connectivity index (χ4v) is 5.82. The molecule has 0 aliphatic rings. The van der Waals surface area contributed by atoms with Gasteiger partial charge in [-0.3, -0.25) is 4.72 Å². The van der Waals surface area contributed by atoms with Crippen molar-refractivity contribution in [1.82, 2.24) is 4.31 Å². The van der Waals surface area contributed by atoms with Gasteiger partial charge in [0.2, 0.25) is 10.0 Å². The maximum absolute atomic E-state index is 13.2. The summed E-state index contributed by atoms with van der Waals surface area (Å²) in [6.45, 7) is 10.8. The zero-order chi connectivity index (χ0) is 21.6. The van der Waals surface area contributed by atoms with Gasteiger partial charge in [0.15, 0.2) is 0 Å². The second-order valence-corrected chi connectivity index (χ2v) is 11.2. The fourth-order valence-electron chi connectivity index (χ4n) is 3.07. The number of nitrogens with one attached hydrogen (secondary N) is 1. The Labute approximate surface area is 168 Å². The van der Waals surface area contributed by atoms with Gasteiger partial charge in [-0.2, -0.15) is 0 Å². The maximum Gasteiger partial charge on any atom is 0.262 e. The molecule has 0 aromatic heterocycles. The smallest absolute Gasteiger partial charge is 0.262 e. The molecule has 2 rings (SSSR count). The number of nitrogens with zero attached hydrogens (tertiary/aromatic N) is 1. The molecule has 0 unspecified atom stereocenters. The minimum absolute atomic E-state index is 0.0483. The number of anilines is 1.